The Balaban J connectivity index is 2.65. The highest BCUT2D eigenvalue weighted by atomic mass is 16.5. The number of hydrogen-bond acceptors (Lipinski definition) is 4. The maximum Gasteiger partial charge on any atom is 0.119 e. The summed E-state index contributed by atoms with van der Waals surface area (Å²) in [6.07, 6.45) is 2.22. The van der Waals surface area contributed by atoms with Gasteiger partial charge in [-0.2, -0.15) is 0 Å². The predicted octanol–water partition coefficient (Wildman–Crippen LogP) is 2.86. The van der Waals surface area contributed by atoms with E-state index < -0.39 is 6.10 Å². The summed E-state index contributed by atoms with van der Waals surface area (Å²) in [6, 6.07) is 8.44. The Labute approximate surface area is 134 Å². The zero-order valence-electron chi connectivity index (χ0n) is 14.0. The van der Waals surface area contributed by atoms with E-state index in [0.29, 0.717) is 25.8 Å². The lowest BCUT2D eigenvalue weighted by Crippen LogP contribution is -2.39. The first kappa shape index (κ1) is 18.7. The van der Waals surface area contributed by atoms with Crippen molar-refractivity contribution in [3.05, 3.63) is 42.5 Å². The van der Waals surface area contributed by atoms with Crippen molar-refractivity contribution in [1.82, 2.24) is 4.90 Å². The van der Waals surface area contributed by atoms with Crippen molar-refractivity contribution in [3.63, 3.8) is 0 Å². The van der Waals surface area contributed by atoms with E-state index in [4.69, 9.17) is 9.47 Å². The maximum atomic E-state index is 10.1. The van der Waals surface area contributed by atoms with Crippen LogP contribution < -0.4 is 4.74 Å². The van der Waals surface area contributed by atoms with Crippen molar-refractivity contribution in [3.8, 4) is 5.75 Å². The van der Waals surface area contributed by atoms with Gasteiger partial charge < -0.3 is 14.6 Å². The molecule has 0 bridgehead atoms. The highest BCUT2D eigenvalue weighted by Gasteiger charge is 2.17. The second-order valence-electron chi connectivity index (χ2n) is 5.52. The Morgan fingerprint density at radius 1 is 1.41 bits per heavy atom. The largest absolute Gasteiger partial charge is 0.497 e. The first-order valence-corrected chi connectivity index (χ1v) is 7.84. The molecule has 0 saturated carbocycles. The second-order valence-corrected chi connectivity index (χ2v) is 5.52. The molecule has 4 heteroatoms. The highest BCUT2D eigenvalue weighted by molar-refractivity contribution is 5.28. The van der Waals surface area contributed by atoms with Crippen LogP contribution in [-0.2, 0) is 11.3 Å². The summed E-state index contributed by atoms with van der Waals surface area (Å²) in [7, 11) is 1.67. The molecule has 1 aromatic carbocycles. The number of methoxy groups -OCH3 is 1. The lowest BCUT2D eigenvalue weighted by molar-refractivity contribution is 0.0157. The predicted molar refractivity (Wildman–Crippen MR) is 90.2 cm³/mol. The molecule has 1 rings (SSSR count). The van der Waals surface area contributed by atoms with Crippen molar-refractivity contribution >= 4 is 0 Å². The molecular weight excluding hydrogens is 278 g/mol. The molecule has 0 radical (unpaired) electrons. The highest BCUT2D eigenvalue weighted by Crippen LogP contribution is 2.16. The van der Waals surface area contributed by atoms with E-state index in [1.54, 1.807) is 13.2 Å². The number of benzene rings is 1. The molecule has 1 aromatic rings. The maximum absolute atomic E-state index is 10.1. The summed E-state index contributed by atoms with van der Waals surface area (Å²) in [4.78, 5) is 2.27. The molecule has 0 unspecified atom stereocenters. The minimum atomic E-state index is -0.500. The van der Waals surface area contributed by atoms with E-state index in [9.17, 15) is 5.11 Å². The Kier molecular flexibility index (Phi) is 8.82. The molecule has 0 amide bonds. The van der Waals surface area contributed by atoms with Gasteiger partial charge in [0.1, 0.15) is 5.75 Å². The molecule has 0 aromatic heterocycles. The first-order valence-electron chi connectivity index (χ1n) is 7.84. The van der Waals surface area contributed by atoms with Crippen LogP contribution in [0.15, 0.2) is 36.9 Å². The fraction of sp³-hybridized carbons (Fsp3) is 0.556. The Morgan fingerprint density at radius 3 is 2.82 bits per heavy atom. The molecule has 1 N–H and O–H groups in total. The number of aliphatic hydroxyl groups is 1. The summed E-state index contributed by atoms with van der Waals surface area (Å²) in [5, 5.41) is 10.1. The van der Waals surface area contributed by atoms with Gasteiger partial charge in [0.25, 0.3) is 0 Å². The summed E-state index contributed by atoms with van der Waals surface area (Å²) < 4.78 is 10.6. The lowest BCUT2D eigenvalue weighted by atomic mass is 10.1. The third-order valence-electron chi connectivity index (χ3n) is 3.73. The van der Waals surface area contributed by atoms with E-state index in [1.165, 1.54) is 5.56 Å². The number of ether oxygens (including phenoxy) is 2. The number of aliphatic hydroxyl groups excluding tert-OH is 1. The summed E-state index contributed by atoms with van der Waals surface area (Å²) in [6.45, 7) is 10.1. The zero-order chi connectivity index (χ0) is 16.4. The summed E-state index contributed by atoms with van der Waals surface area (Å²) in [5.41, 5.74) is 1.18. The van der Waals surface area contributed by atoms with Crippen LogP contribution in [0.1, 0.15) is 25.8 Å². The number of rotatable bonds is 11. The third-order valence-corrected chi connectivity index (χ3v) is 3.73. The molecule has 0 aliphatic rings. The standard InChI is InChI=1S/C18H29NO3/c1-5-10-22-14-17(20)13-19(15(3)6-2)12-16-8-7-9-18(11-16)21-4/h5,7-9,11,15,17,20H,1,6,10,12-14H2,2-4H3/t15-,17-/m1/s1. The van der Waals surface area contributed by atoms with Crippen LogP contribution in [0.4, 0.5) is 0 Å². The fourth-order valence-electron chi connectivity index (χ4n) is 2.27. The Bertz CT molecular complexity index is 436. The van der Waals surface area contributed by atoms with Crippen LogP contribution in [0.3, 0.4) is 0 Å². The molecule has 22 heavy (non-hydrogen) atoms. The average Bonchev–Trinajstić information content (AvgIpc) is 2.54. The molecule has 0 heterocycles. The van der Waals surface area contributed by atoms with E-state index in [-0.39, 0.29) is 0 Å². The van der Waals surface area contributed by atoms with Crippen molar-refractivity contribution < 1.29 is 14.6 Å². The smallest absolute Gasteiger partial charge is 0.119 e. The number of nitrogens with zero attached hydrogens (tertiary/aromatic N) is 1. The van der Waals surface area contributed by atoms with Crippen LogP contribution in [0.5, 0.6) is 5.75 Å². The summed E-state index contributed by atoms with van der Waals surface area (Å²) >= 11 is 0. The van der Waals surface area contributed by atoms with Gasteiger partial charge in [0.05, 0.1) is 26.4 Å². The minimum Gasteiger partial charge on any atom is -0.497 e. The molecule has 0 aliphatic heterocycles. The molecule has 0 saturated heterocycles. The van der Waals surface area contributed by atoms with Crippen molar-refractivity contribution in [2.24, 2.45) is 0 Å². The fourth-order valence-corrected chi connectivity index (χ4v) is 2.27. The van der Waals surface area contributed by atoms with Gasteiger partial charge in [-0.05, 0) is 31.0 Å². The van der Waals surface area contributed by atoms with Gasteiger partial charge in [0.2, 0.25) is 0 Å². The minimum absolute atomic E-state index is 0.330. The molecule has 0 aliphatic carbocycles. The van der Waals surface area contributed by atoms with E-state index in [0.717, 1.165) is 18.7 Å². The molecule has 0 fully saturated rings. The Hall–Kier alpha value is -1.36. The van der Waals surface area contributed by atoms with Gasteiger partial charge in [-0.3, -0.25) is 4.90 Å². The van der Waals surface area contributed by atoms with Gasteiger partial charge in [-0.15, -0.1) is 6.58 Å². The third kappa shape index (κ3) is 6.60. The van der Waals surface area contributed by atoms with Gasteiger partial charge in [-0.1, -0.05) is 25.1 Å². The molecule has 0 spiro atoms. The van der Waals surface area contributed by atoms with Crippen LogP contribution in [0.2, 0.25) is 0 Å². The number of hydrogen-bond donors (Lipinski definition) is 1. The van der Waals surface area contributed by atoms with Crippen molar-refractivity contribution in [2.75, 3.05) is 26.9 Å². The van der Waals surface area contributed by atoms with E-state index in [1.807, 2.05) is 18.2 Å². The zero-order valence-corrected chi connectivity index (χ0v) is 14.0. The average molecular weight is 307 g/mol. The van der Waals surface area contributed by atoms with Gasteiger partial charge in [-0.25, -0.2) is 0 Å². The lowest BCUT2D eigenvalue weighted by Gasteiger charge is -2.30. The van der Waals surface area contributed by atoms with Crippen LogP contribution in [0, 0.1) is 0 Å². The van der Waals surface area contributed by atoms with Gasteiger partial charge >= 0.3 is 0 Å². The van der Waals surface area contributed by atoms with Crippen LogP contribution in [0.25, 0.3) is 0 Å². The second kappa shape index (κ2) is 10.4. The van der Waals surface area contributed by atoms with E-state index in [2.05, 4.69) is 31.4 Å². The van der Waals surface area contributed by atoms with Gasteiger partial charge in [0, 0.05) is 19.1 Å². The van der Waals surface area contributed by atoms with Crippen LogP contribution in [-0.4, -0.2) is 49.0 Å². The van der Waals surface area contributed by atoms with Gasteiger partial charge in [0.15, 0.2) is 0 Å². The summed E-state index contributed by atoms with van der Waals surface area (Å²) in [5.74, 6) is 0.858. The van der Waals surface area contributed by atoms with Crippen molar-refractivity contribution in [2.45, 2.75) is 39.0 Å². The molecule has 2 atom stereocenters. The quantitative estimate of drug-likeness (QED) is 0.504. The molecular formula is C18H29NO3. The van der Waals surface area contributed by atoms with Crippen LogP contribution >= 0.6 is 0 Å². The Morgan fingerprint density at radius 2 is 2.18 bits per heavy atom. The monoisotopic (exact) mass is 307 g/mol. The first-order chi connectivity index (χ1) is 10.6. The van der Waals surface area contributed by atoms with E-state index >= 15 is 0 Å². The molecule has 4 nitrogen and oxygen atoms in total. The van der Waals surface area contributed by atoms with Crippen molar-refractivity contribution in [1.29, 1.82) is 0 Å². The normalized spacial score (nSPS) is 13.9. The topological polar surface area (TPSA) is 41.9 Å². The molecule has 124 valence electrons. The SMILES string of the molecule is C=CCOC[C@H](O)CN(Cc1cccc(OC)c1)[C@H](C)CC.